The van der Waals surface area contributed by atoms with Crippen molar-refractivity contribution >= 4 is 28.0 Å². The Morgan fingerprint density at radius 1 is 0.810 bits per heavy atom. The predicted octanol–water partition coefficient (Wildman–Crippen LogP) is 5.91. The van der Waals surface area contributed by atoms with Gasteiger partial charge in [0, 0.05) is 10.5 Å². The van der Waals surface area contributed by atoms with E-state index < -0.39 is 5.69 Å². The molecule has 0 heterocycles. The number of unbranched alkanes of at least 4 members (excludes halogenated alkanes) is 4. The molecular formula is C16H37O2PS2. The summed E-state index contributed by atoms with van der Waals surface area (Å²) < 4.78 is 0. The van der Waals surface area contributed by atoms with Crippen molar-refractivity contribution in [1.29, 1.82) is 0 Å². The topological polar surface area (TPSA) is 40.5 Å². The lowest BCUT2D eigenvalue weighted by atomic mass is 10.1. The third-order valence-electron chi connectivity index (χ3n) is 4.14. The lowest BCUT2D eigenvalue weighted by molar-refractivity contribution is 0.500. The van der Waals surface area contributed by atoms with Crippen molar-refractivity contribution < 1.29 is 9.79 Å². The average molecular weight is 357 g/mol. The zero-order chi connectivity index (χ0) is 16.3. The fourth-order valence-electron chi connectivity index (χ4n) is 2.91. The van der Waals surface area contributed by atoms with Gasteiger partial charge in [0.2, 0.25) is 0 Å². The Morgan fingerprint density at radius 2 is 1.19 bits per heavy atom. The van der Waals surface area contributed by atoms with Crippen LogP contribution in [0.25, 0.3) is 0 Å². The monoisotopic (exact) mass is 356 g/mol. The quantitative estimate of drug-likeness (QED) is 0.231. The Kier molecular flexibility index (Phi) is 13.1. The first-order chi connectivity index (χ1) is 9.92. The lowest BCUT2D eigenvalue weighted by Gasteiger charge is -2.31. The van der Waals surface area contributed by atoms with Gasteiger partial charge >= 0.3 is 0 Å². The Hall–Kier alpha value is 1.05. The molecule has 0 aliphatic rings. The van der Waals surface area contributed by atoms with E-state index in [1.54, 1.807) is 0 Å². The smallest absolute Gasteiger partial charge is 0.199 e. The molecule has 0 aliphatic heterocycles. The van der Waals surface area contributed by atoms with Crippen LogP contribution >= 0.6 is 17.9 Å². The molecule has 2 nitrogen and oxygen atoms in total. The molecule has 0 aromatic rings. The van der Waals surface area contributed by atoms with Crippen molar-refractivity contribution in [1.82, 2.24) is 0 Å². The van der Waals surface area contributed by atoms with E-state index in [4.69, 9.17) is 0 Å². The minimum absolute atomic E-state index is 0.338. The maximum absolute atomic E-state index is 10.3. The SMILES string of the molecule is CCCCCC(CC)S(C(CC)CCCCC)=P(O)(O)S. The average Bonchev–Trinajstić information content (AvgIpc) is 2.43. The standard InChI is InChI=1S/C16H37O2PS2/c1-5-9-11-13-15(7-3)21(19(17,18)20)16(8-4)14-12-10-6-2/h15-18,20H,5-14H2,1-4H3. The summed E-state index contributed by atoms with van der Waals surface area (Å²) in [7, 11) is -0.338. The maximum atomic E-state index is 10.3. The van der Waals surface area contributed by atoms with Gasteiger partial charge in [-0.3, -0.25) is 0 Å². The third-order valence-corrected chi connectivity index (χ3v) is 12.4. The summed E-state index contributed by atoms with van der Waals surface area (Å²) in [5.74, 6) is 0. The van der Waals surface area contributed by atoms with Gasteiger partial charge in [0.1, 0.15) is 0 Å². The number of hydrogen-bond acceptors (Lipinski definition) is 0. The van der Waals surface area contributed by atoms with E-state index in [1.807, 2.05) is 0 Å². The van der Waals surface area contributed by atoms with Crippen molar-refractivity contribution in [2.75, 3.05) is 0 Å². The molecule has 0 amide bonds. The fourth-order valence-corrected chi connectivity index (χ4v) is 12.1. The largest absolute Gasteiger partial charge is 0.341 e. The minimum atomic E-state index is -3.05. The predicted molar refractivity (Wildman–Crippen MR) is 104 cm³/mol. The summed E-state index contributed by atoms with van der Waals surface area (Å²) in [5, 5.41) is 0.868. The maximum Gasteiger partial charge on any atom is 0.199 e. The van der Waals surface area contributed by atoms with Crippen LogP contribution in [0.1, 0.15) is 91.9 Å². The van der Waals surface area contributed by atoms with Gasteiger partial charge in [-0.1, -0.05) is 78.5 Å². The van der Waals surface area contributed by atoms with Gasteiger partial charge in [0.25, 0.3) is 0 Å². The van der Waals surface area contributed by atoms with Gasteiger partial charge in [-0.15, -0.1) is 10.1 Å². The van der Waals surface area contributed by atoms with Gasteiger partial charge in [-0.05, 0) is 25.7 Å². The minimum Gasteiger partial charge on any atom is -0.341 e. The van der Waals surface area contributed by atoms with E-state index in [9.17, 15) is 9.79 Å². The first-order valence-electron chi connectivity index (χ1n) is 8.72. The van der Waals surface area contributed by atoms with E-state index in [-0.39, 0.29) is 10.1 Å². The van der Waals surface area contributed by atoms with E-state index in [0.717, 1.165) is 25.7 Å². The molecule has 2 N–H and O–H groups in total. The number of hydrogen-bond donors (Lipinski definition) is 3. The molecule has 0 bridgehead atoms. The van der Waals surface area contributed by atoms with Gasteiger partial charge in [0.15, 0.2) is 5.69 Å². The van der Waals surface area contributed by atoms with E-state index in [2.05, 4.69) is 39.9 Å². The second-order valence-electron chi connectivity index (χ2n) is 5.91. The molecule has 0 rings (SSSR count). The zero-order valence-corrected chi connectivity index (χ0v) is 17.0. The highest BCUT2D eigenvalue weighted by atomic mass is 32.9. The highest BCUT2D eigenvalue weighted by Gasteiger charge is 2.26. The molecule has 5 heteroatoms. The normalized spacial score (nSPS) is 16.7. The van der Waals surface area contributed by atoms with Crippen LogP contribution in [0.4, 0.5) is 0 Å². The number of thiol groups is 1. The van der Waals surface area contributed by atoms with Gasteiger partial charge in [-0.25, -0.2) is 0 Å². The Balaban J connectivity index is 5.07. The van der Waals surface area contributed by atoms with Crippen molar-refractivity contribution in [2.24, 2.45) is 0 Å². The van der Waals surface area contributed by atoms with Gasteiger partial charge in [-0.2, -0.15) is 0 Å². The molecule has 21 heavy (non-hydrogen) atoms. The van der Waals surface area contributed by atoms with Crippen LogP contribution in [-0.4, -0.2) is 20.3 Å². The molecule has 0 aromatic carbocycles. The second-order valence-corrected chi connectivity index (χ2v) is 14.2. The Bertz CT molecular complexity index is 287. The van der Waals surface area contributed by atoms with Crippen LogP contribution in [0.3, 0.4) is 0 Å². The molecule has 2 atom stereocenters. The van der Waals surface area contributed by atoms with Crippen molar-refractivity contribution in [3.05, 3.63) is 0 Å². The van der Waals surface area contributed by atoms with Crippen LogP contribution in [-0.2, 0) is 10.1 Å². The second kappa shape index (κ2) is 12.5. The molecule has 0 spiro atoms. The van der Waals surface area contributed by atoms with E-state index >= 15 is 0 Å². The lowest BCUT2D eigenvalue weighted by Crippen LogP contribution is -2.26. The van der Waals surface area contributed by atoms with E-state index in [1.165, 1.54) is 38.5 Å². The first-order valence-corrected chi connectivity index (χ1v) is 13.5. The number of rotatable bonds is 12. The van der Waals surface area contributed by atoms with Crippen LogP contribution < -0.4 is 0 Å². The fraction of sp³-hybridized carbons (Fsp3) is 1.00. The van der Waals surface area contributed by atoms with Gasteiger partial charge in [0.05, 0.1) is 0 Å². The molecule has 0 saturated heterocycles. The van der Waals surface area contributed by atoms with Gasteiger partial charge < -0.3 is 9.79 Å². The molecule has 0 aliphatic carbocycles. The highest BCUT2D eigenvalue weighted by Crippen LogP contribution is 2.51. The summed E-state index contributed by atoms with van der Waals surface area (Å²) in [5.41, 5.74) is -3.05. The van der Waals surface area contributed by atoms with Crippen LogP contribution in [0.5, 0.6) is 0 Å². The van der Waals surface area contributed by atoms with Crippen LogP contribution in [0, 0.1) is 0 Å². The summed E-state index contributed by atoms with van der Waals surface area (Å²) in [6.45, 7) is 8.82. The van der Waals surface area contributed by atoms with Crippen molar-refractivity contribution in [2.45, 2.75) is 102 Å². The van der Waals surface area contributed by atoms with Crippen molar-refractivity contribution in [3.63, 3.8) is 0 Å². The zero-order valence-electron chi connectivity index (χ0n) is 14.4. The van der Waals surface area contributed by atoms with E-state index in [0.29, 0.717) is 10.5 Å². The molecule has 0 aromatic heterocycles. The molecular weight excluding hydrogens is 319 g/mol. The molecule has 130 valence electrons. The molecule has 2 unspecified atom stereocenters. The van der Waals surface area contributed by atoms with Crippen LogP contribution in [0.2, 0.25) is 0 Å². The summed E-state index contributed by atoms with van der Waals surface area (Å²) >= 11 is 4.26. The molecule has 0 fully saturated rings. The Labute approximate surface area is 140 Å². The Morgan fingerprint density at radius 3 is 1.43 bits per heavy atom. The van der Waals surface area contributed by atoms with Crippen LogP contribution in [0.15, 0.2) is 0 Å². The summed E-state index contributed by atoms with van der Waals surface area (Å²) in [6.07, 6.45) is 11.7. The highest BCUT2D eigenvalue weighted by molar-refractivity contribution is 8.66. The first kappa shape index (κ1) is 22.1. The molecule has 0 saturated carbocycles. The third kappa shape index (κ3) is 9.05. The molecule has 0 radical (unpaired) electrons. The summed E-state index contributed by atoms with van der Waals surface area (Å²) in [6, 6.07) is 0. The summed E-state index contributed by atoms with van der Waals surface area (Å²) in [4.78, 5) is 20.7. The van der Waals surface area contributed by atoms with Crippen molar-refractivity contribution in [3.8, 4) is 0 Å².